The van der Waals surface area contributed by atoms with Crippen LogP contribution >= 0.6 is 0 Å². The SMILES string of the molecule is Cc1ccnc(NCCCCCC(=O)NCC(=O)NC(CC(=O)O)c2ccc(C)c([N+](=O)[O-])c2)c1.[Na]. The number of carbonyl (C=O) groups excluding carboxylic acids is 2. The number of nitrogens with one attached hydrogen (secondary N) is 3. The van der Waals surface area contributed by atoms with E-state index in [1.54, 1.807) is 19.2 Å². The van der Waals surface area contributed by atoms with Crippen LogP contribution in [-0.2, 0) is 14.4 Å². The molecule has 2 rings (SSSR count). The summed E-state index contributed by atoms with van der Waals surface area (Å²) in [5.74, 6) is -1.22. The van der Waals surface area contributed by atoms with E-state index < -0.39 is 29.3 Å². The molecule has 1 heterocycles. The van der Waals surface area contributed by atoms with E-state index in [0.717, 1.165) is 30.8 Å². The zero-order valence-corrected chi connectivity index (χ0v) is 22.9. The molecule has 0 aliphatic carbocycles. The van der Waals surface area contributed by atoms with Gasteiger partial charge in [-0.05, 0) is 49.9 Å². The summed E-state index contributed by atoms with van der Waals surface area (Å²) >= 11 is 0. The van der Waals surface area contributed by atoms with E-state index in [0.29, 0.717) is 17.5 Å². The molecular weight excluding hydrogens is 477 g/mol. The Kier molecular flexibility index (Phi) is 13.7. The van der Waals surface area contributed by atoms with Gasteiger partial charge in [0.1, 0.15) is 5.82 Å². The summed E-state index contributed by atoms with van der Waals surface area (Å²) in [6.07, 6.45) is 3.90. The van der Waals surface area contributed by atoms with Gasteiger partial charge in [0.2, 0.25) is 11.8 Å². The second-order valence-electron chi connectivity index (χ2n) is 8.25. The topological polar surface area (TPSA) is 164 Å². The number of carbonyl (C=O) groups is 3. The van der Waals surface area contributed by atoms with E-state index in [2.05, 4.69) is 20.9 Å². The maximum absolute atomic E-state index is 12.3. The van der Waals surface area contributed by atoms with Crippen molar-refractivity contribution in [3.63, 3.8) is 0 Å². The van der Waals surface area contributed by atoms with Crippen molar-refractivity contribution >= 4 is 58.8 Å². The second kappa shape index (κ2) is 15.9. The Labute approximate surface area is 231 Å². The number of aliphatic carboxylic acids is 1. The Morgan fingerprint density at radius 1 is 1.08 bits per heavy atom. The summed E-state index contributed by atoms with van der Waals surface area (Å²) in [5, 5.41) is 28.7. The molecule has 12 heteroatoms. The second-order valence-corrected chi connectivity index (χ2v) is 8.25. The normalized spacial score (nSPS) is 11.1. The zero-order valence-electron chi connectivity index (χ0n) is 20.9. The Morgan fingerprint density at radius 2 is 1.83 bits per heavy atom. The van der Waals surface area contributed by atoms with Crippen LogP contribution in [-0.4, -0.2) is 75.4 Å². The first-order valence-electron chi connectivity index (χ1n) is 11.3. The molecular formula is C24H31N5NaO6. The molecule has 0 aliphatic heterocycles. The van der Waals surface area contributed by atoms with Gasteiger partial charge in [-0.2, -0.15) is 0 Å². The molecule has 4 N–H and O–H groups in total. The van der Waals surface area contributed by atoms with Crippen LogP contribution in [0.15, 0.2) is 36.5 Å². The first-order chi connectivity index (χ1) is 16.7. The van der Waals surface area contributed by atoms with Gasteiger partial charge in [-0.15, -0.1) is 0 Å². The number of benzene rings is 1. The van der Waals surface area contributed by atoms with Crippen LogP contribution in [0, 0.1) is 24.0 Å². The number of carboxylic acids is 1. The molecule has 0 saturated carbocycles. The Morgan fingerprint density at radius 3 is 2.50 bits per heavy atom. The largest absolute Gasteiger partial charge is 0.481 e. The van der Waals surface area contributed by atoms with Crippen LogP contribution in [0.1, 0.15) is 54.8 Å². The van der Waals surface area contributed by atoms with Gasteiger partial charge in [0.05, 0.1) is 23.9 Å². The fourth-order valence-corrected chi connectivity index (χ4v) is 3.42. The van der Waals surface area contributed by atoms with E-state index in [4.69, 9.17) is 0 Å². The van der Waals surface area contributed by atoms with E-state index in [1.807, 2.05) is 19.1 Å². The number of aryl methyl sites for hydroxylation is 2. The van der Waals surface area contributed by atoms with Gasteiger partial charge in [0, 0.05) is 60.3 Å². The average molecular weight is 509 g/mol. The summed E-state index contributed by atoms with van der Waals surface area (Å²) in [4.78, 5) is 50.4. The number of pyridine rings is 1. The number of amides is 2. The number of nitrogens with zero attached hydrogens (tertiary/aromatic N) is 2. The van der Waals surface area contributed by atoms with Gasteiger partial charge in [0.15, 0.2) is 0 Å². The van der Waals surface area contributed by atoms with Crippen molar-refractivity contribution in [2.75, 3.05) is 18.4 Å². The predicted octanol–water partition coefficient (Wildman–Crippen LogP) is 2.65. The Hall–Kier alpha value is -3.02. The molecule has 2 amide bonds. The maximum atomic E-state index is 12.3. The number of hydrogen-bond donors (Lipinski definition) is 4. The number of anilines is 1. The minimum absolute atomic E-state index is 0. The van der Waals surface area contributed by atoms with Crippen LogP contribution in [0.4, 0.5) is 11.5 Å². The molecule has 1 aromatic heterocycles. The number of hydrogen-bond acceptors (Lipinski definition) is 7. The molecule has 36 heavy (non-hydrogen) atoms. The van der Waals surface area contributed by atoms with Gasteiger partial charge in [-0.3, -0.25) is 24.5 Å². The number of nitro groups is 1. The van der Waals surface area contributed by atoms with Crippen LogP contribution in [0.3, 0.4) is 0 Å². The van der Waals surface area contributed by atoms with Crippen LogP contribution in [0.25, 0.3) is 0 Å². The number of nitro benzene ring substituents is 1. The Balaban J connectivity index is 0.00000648. The summed E-state index contributed by atoms with van der Waals surface area (Å²) in [5.41, 5.74) is 1.69. The smallest absolute Gasteiger partial charge is 0.305 e. The number of rotatable bonds is 14. The molecule has 0 bridgehead atoms. The molecule has 1 atom stereocenters. The van der Waals surface area contributed by atoms with Gasteiger partial charge in [-0.25, -0.2) is 4.98 Å². The van der Waals surface area contributed by atoms with Crippen LogP contribution in [0.5, 0.6) is 0 Å². The van der Waals surface area contributed by atoms with Crippen molar-refractivity contribution in [2.45, 2.75) is 52.0 Å². The third-order valence-electron chi connectivity index (χ3n) is 5.29. The fraction of sp³-hybridized carbons (Fsp3) is 0.417. The number of unbranched alkanes of at least 4 members (excludes halogenated alkanes) is 2. The number of carboxylic acid groups (broad SMARTS) is 1. The van der Waals surface area contributed by atoms with E-state index in [9.17, 15) is 29.6 Å². The van der Waals surface area contributed by atoms with Gasteiger partial charge < -0.3 is 21.1 Å². The van der Waals surface area contributed by atoms with Crippen molar-refractivity contribution in [1.82, 2.24) is 15.6 Å². The monoisotopic (exact) mass is 508 g/mol. The predicted molar refractivity (Wildman–Crippen MR) is 136 cm³/mol. The van der Waals surface area contributed by atoms with Crippen molar-refractivity contribution in [1.29, 1.82) is 0 Å². The average Bonchev–Trinajstić information content (AvgIpc) is 2.79. The molecule has 1 unspecified atom stereocenters. The van der Waals surface area contributed by atoms with Gasteiger partial charge in [-0.1, -0.05) is 18.6 Å². The molecule has 1 radical (unpaired) electrons. The van der Waals surface area contributed by atoms with Crippen molar-refractivity contribution in [3.05, 3.63) is 63.3 Å². The Bertz CT molecular complexity index is 1070. The standard InChI is InChI=1S/C24H31N5O6.Na/c1-16-9-11-26-21(12-16)25-10-5-3-4-6-22(30)27-15-23(31)28-19(14-24(32)33)18-8-7-17(2)20(13-18)29(34)35;/h7-9,11-13,19H,3-6,10,14-15H2,1-2H3,(H,25,26)(H,27,30)(H,28,31)(H,32,33);. The molecule has 2 aromatic rings. The van der Waals surface area contributed by atoms with Crippen molar-refractivity contribution in [2.24, 2.45) is 0 Å². The third-order valence-corrected chi connectivity index (χ3v) is 5.29. The first kappa shape index (κ1) is 31.0. The van der Waals surface area contributed by atoms with Crippen molar-refractivity contribution in [3.8, 4) is 0 Å². The van der Waals surface area contributed by atoms with Gasteiger partial charge in [0.25, 0.3) is 5.69 Å². The fourth-order valence-electron chi connectivity index (χ4n) is 3.42. The maximum Gasteiger partial charge on any atom is 0.305 e. The van der Waals surface area contributed by atoms with E-state index in [1.165, 1.54) is 12.1 Å². The summed E-state index contributed by atoms with van der Waals surface area (Å²) in [6.45, 7) is 3.98. The summed E-state index contributed by atoms with van der Waals surface area (Å²) < 4.78 is 0. The molecule has 0 saturated heterocycles. The quantitative estimate of drug-likeness (QED) is 0.131. The summed E-state index contributed by atoms with van der Waals surface area (Å²) in [6, 6.07) is 7.21. The zero-order chi connectivity index (χ0) is 25.8. The molecule has 0 fully saturated rings. The first-order valence-corrected chi connectivity index (χ1v) is 11.3. The van der Waals surface area contributed by atoms with E-state index >= 15 is 0 Å². The van der Waals surface area contributed by atoms with Crippen molar-refractivity contribution < 1.29 is 24.4 Å². The van der Waals surface area contributed by atoms with Crippen LogP contribution < -0.4 is 16.0 Å². The molecule has 0 spiro atoms. The van der Waals surface area contributed by atoms with E-state index in [-0.39, 0.29) is 54.1 Å². The molecule has 1 aromatic carbocycles. The van der Waals surface area contributed by atoms with Crippen LogP contribution in [0.2, 0.25) is 0 Å². The molecule has 0 aliphatic rings. The molecule has 189 valence electrons. The molecule has 11 nitrogen and oxygen atoms in total. The van der Waals surface area contributed by atoms with Gasteiger partial charge >= 0.3 is 5.97 Å². The number of aromatic nitrogens is 1. The minimum atomic E-state index is -1.17. The third kappa shape index (κ3) is 11.1. The summed E-state index contributed by atoms with van der Waals surface area (Å²) in [7, 11) is 0. The minimum Gasteiger partial charge on any atom is -0.481 e.